The average Bonchev–Trinajstić information content (AvgIpc) is 3.12. The van der Waals surface area contributed by atoms with Crippen LogP contribution in [0.3, 0.4) is 0 Å². The Hall–Kier alpha value is -3.73. The highest BCUT2D eigenvalue weighted by Gasteiger charge is 2.18. The molecule has 158 valence electrons. The van der Waals surface area contributed by atoms with Gasteiger partial charge in [-0.1, -0.05) is 5.16 Å². The van der Waals surface area contributed by atoms with Crippen LogP contribution in [0.25, 0.3) is 0 Å². The van der Waals surface area contributed by atoms with Crippen molar-refractivity contribution in [3.8, 4) is 17.2 Å². The largest absolute Gasteiger partial charge is 0.502 e. The van der Waals surface area contributed by atoms with Crippen LogP contribution < -0.4 is 19.5 Å². The van der Waals surface area contributed by atoms with Crippen LogP contribution in [0.4, 0.5) is 11.5 Å². The van der Waals surface area contributed by atoms with E-state index in [1.54, 1.807) is 6.92 Å². The number of ether oxygens (including phenoxy) is 2. The molecule has 0 unspecified atom stereocenters. The third-order valence-corrected chi connectivity index (χ3v) is 5.40. The summed E-state index contributed by atoms with van der Waals surface area (Å²) in [6.45, 7) is 1.64. The van der Waals surface area contributed by atoms with Crippen LogP contribution in [0.15, 0.2) is 51.9 Å². The van der Waals surface area contributed by atoms with Crippen molar-refractivity contribution >= 4 is 27.4 Å². The Morgan fingerprint density at radius 3 is 2.17 bits per heavy atom. The average molecular weight is 433 g/mol. The molecule has 30 heavy (non-hydrogen) atoms. The molecule has 10 nitrogen and oxygen atoms in total. The minimum Gasteiger partial charge on any atom is -0.502 e. The van der Waals surface area contributed by atoms with Crippen molar-refractivity contribution in [3.05, 3.63) is 53.8 Å². The van der Waals surface area contributed by atoms with E-state index in [1.165, 1.54) is 56.7 Å². The monoisotopic (exact) mass is 433 g/mol. The van der Waals surface area contributed by atoms with Gasteiger partial charge in [0.2, 0.25) is 5.75 Å². The molecule has 3 N–H and O–H groups in total. The maximum Gasteiger partial charge on any atom is 0.263 e. The van der Waals surface area contributed by atoms with Gasteiger partial charge in [-0.3, -0.25) is 9.52 Å². The number of phenolic OH excluding ortho intramolecular Hbond substituents is 1. The zero-order valence-corrected chi connectivity index (χ0v) is 17.1. The van der Waals surface area contributed by atoms with Crippen LogP contribution in [0.2, 0.25) is 0 Å². The van der Waals surface area contributed by atoms with Crippen molar-refractivity contribution in [2.75, 3.05) is 24.3 Å². The normalized spacial score (nSPS) is 11.0. The molecule has 1 aromatic heterocycles. The first-order valence-electron chi connectivity index (χ1n) is 8.56. The number of aromatic hydroxyl groups is 1. The molecule has 0 aliphatic heterocycles. The fourth-order valence-corrected chi connectivity index (χ4v) is 3.54. The highest BCUT2D eigenvalue weighted by molar-refractivity contribution is 7.92. The fraction of sp³-hybridized carbons (Fsp3) is 0.158. The van der Waals surface area contributed by atoms with E-state index in [2.05, 4.69) is 15.2 Å². The maximum atomic E-state index is 12.5. The van der Waals surface area contributed by atoms with Gasteiger partial charge >= 0.3 is 0 Å². The lowest BCUT2D eigenvalue weighted by atomic mass is 10.1. The minimum atomic E-state index is -3.87. The van der Waals surface area contributed by atoms with E-state index >= 15 is 0 Å². The molecular formula is C19H19N3O7S. The van der Waals surface area contributed by atoms with Gasteiger partial charge in [0.15, 0.2) is 17.3 Å². The van der Waals surface area contributed by atoms with Gasteiger partial charge in [0.05, 0.1) is 19.1 Å². The molecule has 0 radical (unpaired) electrons. The van der Waals surface area contributed by atoms with Gasteiger partial charge in [-0.15, -0.1) is 0 Å². The number of hydrogen-bond acceptors (Lipinski definition) is 8. The summed E-state index contributed by atoms with van der Waals surface area (Å²) in [6, 6.07) is 9.72. The number of nitrogens with zero attached hydrogens (tertiary/aromatic N) is 1. The number of nitrogens with one attached hydrogen (secondary N) is 2. The van der Waals surface area contributed by atoms with E-state index in [0.717, 1.165) is 0 Å². The van der Waals surface area contributed by atoms with E-state index in [9.17, 15) is 18.3 Å². The SMILES string of the molecule is COc1cc(C(=O)Nc2ccc(S(=O)(=O)Nc3cc(C)on3)cc2)cc(OC)c1O. The van der Waals surface area contributed by atoms with Gasteiger partial charge in [-0.2, -0.15) is 0 Å². The van der Waals surface area contributed by atoms with Crippen molar-refractivity contribution < 1.29 is 32.3 Å². The van der Waals surface area contributed by atoms with Crippen molar-refractivity contribution in [2.45, 2.75) is 11.8 Å². The van der Waals surface area contributed by atoms with Gasteiger partial charge in [0, 0.05) is 17.3 Å². The molecule has 0 saturated heterocycles. The number of phenols is 1. The number of carbonyl (C=O) groups is 1. The molecule has 0 aliphatic rings. The summed E-state index contributed by atoms with van der Waals surface area (Å²) in [4.78, 5) is 12.5. The molecule has 0 aliphatic carbocycles. The number of amides is 1. The Bertz CT molecular complexity index is 1150. The van der Waals surface area contributed by atoms with Gasteiger partial charge in [-0.05, 0) is 43.3 Å². The number of aryl methyl sites for hydroxylation is 1. The first-order chi connectivity index (χ1) is 14.2. The van der Waals surface area contributed by atoms with Gasteiger partial charge in [-0.25, -0.2) is 8.42 Å². The molecular weight excluding hydrogens is 414 g/mol. The van der Waals surface area contributed by atoms with Gasteiger partial charge < -0.3 is 24.4 Å². The van der Waals surface area contributed by atoms with Crippen molar-refractivity contribution in [2.24, 2.45) is 0 Å². The highest BCUT2D eigenvalue weighted by Crippen LogP contribution is 2.37. The molecule has 3 aromatic rings. The molecule has 3 rings (SSSR count). The predicted octanol–water partition coefficient (Wildman–Crippen LogP) is 2.76. The molecule has 0 fully saturated rings. The first-order valence-corrected chi connectivity index (χ1v) is 10.0. The number of anilines is 2. The number of rotatable bonds is 7. The predicted molar refractivity (Wildman–Crippen MR) is 108 cm³/mol. The lowest BCUT2D eigenvalue weighted by molar-refractivity contribution is 0.102. The Kier molecular flexibility index (Phi) is 5.83. The molecule has 0 saturated carbocycles. The smallest absolute Gasteiger partial charge is 0.263 e. The standard InChI is InChI=1S/C19H19N3O7S/c1-11-8-17(21-29-11)22-30(25,26)14-6-4-13(5-7-14)20-19(24)12-9-15(27-2)18(23)16(10-12)28-3/h4-10,23H,1-3H3,(H,20,24)(H,21,22). The van der Waals surface area contributed by atoms with E-state index in [1.807, 2.05) is 0 Å². The van der Waals surface area contributed by atoms with Crippen molar-refractivity contribution in [3.63, 3.8) is 0 Å². The first kappa shape index (κ1) is 21.0. The zero-order chi connectivity index (χ0) is 21.9. The van der Waals surface area contributed by atoms with Gasteiger partial charge in [0.25, 0.3) is 15.9 Å². The van der Waals surface area contributed by atoms with Crippen LogP contribution in [-0.4, -0.2) is 38.8 Å². The number of carbonyl (C=O) groups excluding carboxylic acids is 1. The van der Waals surface area contributed by atoms with E-state index in [-0.39, 0.29) is 33.5 Å². The molecule has 1 amide bonds. The second-order valence-corrected chi connectivity index (χ2v) is 7.82. The van der Waals surface area contributed by atoms with Crippen LogP contribution in [0.1, 0.15) is 16.1 Å². The Labute approximate surface area is 172 Å². The number of methoxy groups -OCH3 is 2. The lowest BCUT2D eigenvalue weighted by Gasteiger charge is -2.12. The summed E-state index contributed by atoms with van der Waals surface area (Å²) in [5.74, 6) is -0.0297. The summed E-state index contributed by atoms with van der Waals surface area (Å²) in [7, 11) is -1.16. The number of aromatic nitrogens is 1. The topological polar surface area (TPSA) is 140 Å². The van der Waals surface area contributed by atoms with Crippen molar-refractivity contribution in [1.82, 2.24) is 5.16 Å². The second kappa shape index (κ2) is 8.33. The summed E-state index contributed by atoms with van der Waals surface area (Å²) in [5, 5.41) is 16.2. The summed E-state index contributed by atoms with van der Waals surface area (Å²) >= 11 is 0. The van der Waals surface area contributed by atoms with Crippen LogP contribution >= 0.6 is 0 Å². The summed E-state index contributed by atoms with van der Waals surface area (Å²) < 4.78 is 42.0. The molecule has 11 heteroatoms. The highest BCUT2D eigenvalue weighted by atomic mass is 32.2. The van der Waals surface area contributed by atoms with Crippen LogP contribution in [-0.2, 0) is 10.0 Å². The van der Waals surface area contributed by atoms with Crippen LogP contribution in [0.5, 0.6) is 17.2 Å². The molecule has 0 spiro atoms. The number of hydrogen-bond donors (Lipinski definition) is 3. The Morgan fingerprint density at radius 1 is 1.07 bits per heavy atom. The molecule has 1 heterocycles. The number of benzene rings is 2. The van der Waals surface area contributed by atoms with Crippen LogP contribution in [0, 0.1) is 6.92 Å². The van der Waals surface area contributed by atoms with E-state index in [0.29, 0.717) is 11.4 Å². The summed E-state index contributed by atoms with van der Waals surface area (Å²) in [5.41, 5.74) is 0.545. The van der Waals surface area contributed by atoms with Gasteiger partial charge in [0.1, 0.15) is 5.76 Å². The third-order valence-electron chi connectivity index (χ3n) is 4.03. The summed E-state index contributed by atoms with van der Waals surface area (Å²) in [6.07, 6.45) is 0. The molecule has 0 atom stereocenters. The van der Waals surface area contributed by atoms with E-state index in [4.69, 9.17) is 14.0 Å². The van der Waals surface area contributed by atoms with Crippen molar-refractivity contribution in [1.29, 1.82) is 0 Å². The second-order valence-electron chi connectivity index (χ2n) is 6.14. The maximum absolute atomic E-state index is 12.5. The quantitative estimate of drug-likeness (QED) is 0.517. The third kappa shape index (κ3) is 4.46. The minimum absolute atomic E-state index is 0.0193. The lowest BCUT2D eigenvalue weighted by Crippen LogP contribution is -2.14. The fourth-order valence-electron chi connectivity index (χ4n) is 2.56. The number of sulfonamides is 1. The Morgan fingerprint density at radius 2 is 1.67 bits per heavy atom. The Balaban J connectivity index is 1.76. The molecule has 2 aromatic carbocycles. The van der Waals surface area contributed by atoms with E-state index < -0.39 is 15.9 Å². The molecule has 0 bridgehead atoms. The zero-order valence-electron chi connectivity index (χ0n) is 16.3.